The number of rotatable bonds is 6. The van der Waals surface area contributed by atoms with Crippen LogP contribution in [-0.4, -0.2) is 35.2 Å². The number of hydrogen-bond donors (Lipinski definition) is 0. The Morgan fingerprint density at radius 1 is 1.18 bits per heavy atom. The zero-order valence-corrected chi connectivity index (χ0v) is 17.2. The molecule has 3 rings (SSSR count). The fourth-order valence-electron chi connectivity index (χ4n) is 2.99. The first-order chi connectivity index (χ1) is 13.6. The van der Waals surface area contributed by atoms with E-state index >= 15 is 0 Å². The second-order valence-electron chi connectivity index (χ2n) is 6.38. The molecule has 28 heavy (non-hydrogen) atoms. The molecular formula is C22H22ClNO3S. The number of halogens is 1. The van der Waals surface area contributed by atoms with Crippen molar-refractivity contribution in [3.63, 3.8) is 0 Å². The van der Waals surface area contributed by atoms with E-state index in [-0.39, 0.29) is 17.3 Å². The molecule has 1 saturated heterocycles. The van der Waals surface area contributed by atoms with Crippen LogP contribution in [0.25, 0.3) is 6.08 Å². The van der Waals surface area contributed by atoms with Gasteiger partial charge in [-0.25, -0.2) is 4.79 Å². The van der Waals surface area contributed by atoms with Crippen LogP contribution in [-0.2, 0) is 14.3 Å². The molecular weight excluding hydrogens is 394 g/mol. The third kappa shape index (κ3) is 4.78. The second-order valence-corrected chi connectivity index (χ2v) is 7.90. The van der Waals surface area contributed by atoms with Crippen molar-refractivity contribution in [2.75, 3.05) is 12.4 Å². The molecule has 0 aliphatic carbocycles. The van der Waals surface area contributed by atoms with E-state index in [2.05, 4.69) is 0 Å². The molecule has 0 spiro atoms. The highest BCUT2D eigenvalue weighted by Gasteiger charge is 2.43. The summed E-state index contributed by atoms with van der Waals surface area (Å²) in [6.45, 7) is 2.29. The number of ether oxygens (including phenoxy) is 1. The van der Waals surface area contributed by atoms with Crippen molar-refractivity contribution in [3.05, 3.63) is 76.8 Å². The van der Waals surface area contributed by atoms with Crippen LogP contribution in [0.1, 0.15) is 29.8 Å². The molecule has 0 bridgehead atoms. The minimum Gasteiger partial charge on any atom is -0.464 e. The molecule has 1 aliphatic heterocycles. The maximum absolute atomic E-state index is 13.1. The van der Waals surface area contributed by atoms with E-state index in [1.807, 2.05) is 55.5 Å². The molecule has 2 aromatic rings. The van der Waals surface area contributed by atoms with E-state index in [1.165, 1.54) is 17.8 Å². The Morgan fingerprint density at radius 2 is 1.89 bits per heavy atom. The maximum atomic E-state index is 13.1. The standard InChI is InChI=1S/C22H22ClNO3S/c1-2-14-27-22(26)19-15-28-21(17-10-6-7-11-18(17)23)24(19)20(25)13-12-16-8-4-3-5-9-16/h3-13,19,21H,2,14-15H2,1H3/b13-12+. The van der Waals surface area contributed by atoms with Crippen molar-refractivity contribution < 1.29 is 14.3 Å². The molecule has 6 heteroatoms. The summed E-state index contributed by atoms with van der Waals surface area (Å²) in [4.78, 5) is 27.2. The Hall–Kier alpha value is -2.24. The summed E-state index contributed by atoms with van der Waals surface area (Å²) in [5, 5.41) is 0.244. The van der Waals surface area contributed by atoms with E-state index < -0.39 is 6.04 Å². The molecule has 0 N–H and O–H groups in total. The lowest BCUT2D eigenvalue weighted by Gasteiger charge is -2.28. The number of carbonyl (C=O) groups excluding carboxylic acids is 2. The average Bonchev–Trinajstić information content (AvgIpc) is 3.16. The fourth-order valence-corrected chi connectivity index (χ4v) is 4.75. The average molecular weight is 416 g/mol. The minimum atomic E-state index is -0.634. The van der Waals surface area contributed by atoms with E-state index in [1.54, 1.807) is 17.0 Å². The lowest BCUT2D eigenvalue weighted by Crippen LogP contribution is -2.43. The summed E-state index contributed by atoms with van der Waals surface area (Å²) >= 11 is 7.90. The number of esters is 1. The van der Waals surface area contributed by atoms with Gasteiger partial charge in [0.25, 0.3) is 0 Å². The molecule has 1 heterocycles. The number of nitrogens with zero attached hydrogens (tertiary/aromatic N) is 1. The molecule has 146 valence electrons. The van der Waals surface area contributed by atoms with Crippen LogP contribution in [0.15, 0.2) is 60.7 Å². The number of benzene rings is 2. The van der Waals surface area contributed by atoms with Crippen molar-refractivity contribution in [3.8, 4) is 0 Å². The normalized spacial score (nSPS) is 19.1. The summed E-state index contributed by atoms with van der Waals surface area (Å²) in [6.07, 6.45) is 4.00. The van der Waals surface area contributed by atoms with Crippen molar-refractivity contribution >= 4 is 41.3 Å². The summed E-state index contributed by atoms with van der Waals surface area (Å²) in [6, 6.07) is 16.4. The molecule has 0 saturated carbocycles. The van der Waals surface area contributed by atoms with Crippen molar-refractivity contribution in [2.45, 2.75) is 24.8 Å². The Balaban J connectivity index is 1.88. The molecule has 0 aromatic heterocycles. The van der Waals surface area contributed by atoms with Crippen LogP contribution in [0.5, 0.6) is 0 Å². The first kappa shape index (κ1) is 20.5. The van der Waals surface area contributed by atoms with E-state index in [4.69, 9.17) is 16.3 Å². The molecule has 1 fully saturated rings. The molecule has 2 unspecified atom stereocenters. The zero-order valence-electron chi connectivity index (χ0n) is 15.6. The SMILES string of the molecule is CCCOC(=O)C1CSC(c2ccccc2Cl)N1C(=O)/C=C/c1ccccc1. The zero-order chi connectivity index (χ0) is 19.9. The monoisotopic (exact) mass is 415 g/mol. The molecule has 2 aromatic carbocycles. The van der Waals surface area contributed by atoms with Gasteiger partial charge in [0.15, 0.2) is 0 Å². The van der Waals surface area contributed by atoms with E-state index in [0.717, 1.165) is 17.5 Å². The number of hydrogen-bond acceptors (Lipinski definition) is 4. The largest absolute Gasteiger partial charge is 0.464 e. The van der Waals surface area contributed by atoms with Crippen LogP contribution < -0.4 is 0 Å². The Kier molecular flexibility index (Phi) is 7.18. The van der Waals surface area contributed by atoms with E-state index in [0.29, 0.717) is 17.4 Å². The summed E-state index contributed by atoms with van der Waals surface area (Å²) in [7, 11) is 0. The van der Waals surface area contributed by atoms with Gasteiger partial charge in [-0.05, 0) is 24.1 Å². The van der Waals surface area contributed by atoms with Crippen molar-refractivity contribution in [1.82, 2.24) is 4.90 Å². The lowest BCUT2D eigenvalue weighted by atomic mass is 10.1. The predicted octanol–water partition coefficient (Wildman–Crippen LogP) is 4.95. The van der Waals surface area contributed by atoms with Crippen LogP contribution >= 0.6 is 23.4 Å². The maximum Gasteiger partial charge on any atom is 0.329 e. The highest BCUT2D eigenvalue weighted by molar-refractivity contribution is 7.99. The Bertz CT molecular complexity index is 856. The predicted molar refractivity (Wildman–Crippen MR) is 114 cm³/mol. The highest BCUT2D eigenvalue weighted by Crippen LogP contribution is 2.44. The molecule has 0 radical (unpaired) electrons. The summed E-state index contributed by atoms with van der Waals surface area (Å²) < 4.78 is 5.33. The fraction of sp³-hybridized carbons (Fsp3) is 0.273. The second kappa shape index (κ2) is 9.80. The molecule has 1 aliphatic rings. The molecule has 2 atom stereocenters. The third-order valence-corrected chi connectivity index (χ3v) is 6.01. The quantitative estimate of drug-likeness (QED) is 0.494. The topological polar surface area (TPSA) is 46.6 Å². The summed E-state index contributed by atoms with van der Waals surface area (Å²) in [5.74, 6) is -0.133. The number of thioether (sulfide) groups is 1. The van der Waals surface area contributed by atoms with Gasteiger partial charge in [0.05, 0.1) is 6.61 Å². The van der Waals surface area contributed by atoms with Gasteiger partial charge in [0.2, 0.25) is 5.91 Å². The van der Waals surface area contributed by atoms with Gasteiger partial charge >= 0.3 is 5.97 Å². The van der Waals surface area contributed by atoms with Gasteiger partial charge in [-0.1, -0.05) is 67.1 Å². The number of amides is 1. The van der Waals surface area contributed by atoms with Gasteiger partial charge < -0.3 is 9.64 Å². The van der Waals surface area contributed by atoms with Gasteiger partial charge in [-0.15, -0.1) is 11.8 Å². The van der Waals surface area contributed by atoms with Crippen LogP contribution in [0.4, 0.5) is 0 Å². The van der Waals surface area contributed by atoms with Crippen molar-refractivity contribution in [2.24, 2.45) is 0 Å². The Morgan fingerprint density at radius 3 is 2.61 bits per heavy atom. The highest BCUT2D eigenvalue weighted by atomic mass is 35.5. The first-order valence-electron chi connectivity index (χ1n) is 9.20. The Labute approximate surface area is 174 Å². The molecule has 1 amide bonds. The smallest absolute Gasteiger partial charge is 0.329 e. The lowest BCUT2D eigenvalue weighted by molar-refractivity contribution is -0.152. The third-order valence-electron chi connectivity index (χ3n) is 4.36. The van der Waals surface area contributed by atoms with Gasteiger partial charge in [0, 0.05) is 22.4 Å². The molecule has 4 nitrogen and oxygen atoms in total. The minimum absolute atomic E-state index is 0.239. The van der Waals surface area contributed by atoms with Crippen LogP contribution in [0.2, 0.25) is 5.02 Å². The van der Waals surface area contributed by atoms with Gasteiger partial charge in [-0.2, -0.15) is 0 Å². The van der Waals surface area contributed by atoms with Gasteiger partial charge in [0.1, 0.15) is 11.4 Å². The van der Waals surface area contributed by atoms with Crippen molar-refractivity contribution in [1.29, 1.82) is 0 Å². The number of carbonyl (C=O) groups is 2. The first-order valence-corrected chi connectivity index (χ1v) is 10.6. The summed E-state index contributed by atoms with van der Waals surface area (Å²) in [5.41, 5.74) is 1.74. The van der Waals surface area contributed by atoms with E-state index in [9.17, 15) is 9.59 Å². The van der Waals surface area contributed by atoms with Gasteiger partial charge in [-0.3, -0.25) is 4.79 Å². The van der Waals surface area contributed by atoms with Crippen LogP contribution in [0.3, 0.4) is 0 Å². The van der Waals surface area contributed by atoms with Crippen LogP contribution in [0, 0.1) is 0 Å².